The number of aryl methyl sites for hydroxylation is 1. The zero-order valence-electron chi connectivity index (χ0n) is 16.5. The lowest BCUT2D eigenvalue weighted by molar-refractivity contribution is -0.137. The van der Waals surface area contributed by atoms with Crippen molar-refractivity contribution in [3.63, 3.8) is 0 Å². The summed E-state index contributed by atoms with van der Waals surface area (Å²) in [6.07, 6.45) is -0.715. The summed E-state index contributed by atoms with van der Waals surface area (Å²) < 4.78 is 45.3. The average Bonchev–Trinajstić information content (AvgIpc) is 2.68. The summed E-state index contributed by atoms with van der Waals surface area (Å²) in [4.78, 5) is 2.41. The number of nitrogens with zero attached hydrogens (tertiary/aromatic N) is 1. The number of piperidine rings is 1. The maximum atomic E-state index is 13.1. The summed E-state index contributed by atoms with van der Waals surface area (Å²) in [5.41, 5.74) is 1.49. The van der Waals surface area contributed by atoms with Crippen LogP contribution >= 0.6 is 11.6 Å². The van der Waals surface area contributed by atoms with Crippen molar-refractivity contribution in [1.82, 2.24) is 4.90 Å². The zero-order valence-corrected chi connectivity index (χ0v) is 17.2. The quantitative estimate of drug-likeness (QED) is 0.575. The summed E-state index contributed by atoms with van der Waals surface area (Å²) in [5.74, 6) is 0.763. The molecule has 0 saturated carbocycles. The zero-order chi connectivity index (χ0) is 20.9. The maximum Gasteiger partial charge on any atom is 0.417 e. The van der Waals surface area contributed by atoms with Crippen LogP contribution in [0.2, 0.25) is 5.02 Å². The maximum absolute atomic E-state index is 13.1. The molecule has 1 fully saturated rings. The molecule has 2 aromatic carbocycles. The Kier molecular flexibility index (Phi) is 7.30. The van der Waals surface area contributed by atoms with Gasteiger partial charge in [-0.2, -0.15) is 13.2 Å². The molecule has 0 amide bonds. The van der Waals surface area contributed by atoms with Gasteiger partial charge in [0.15, 0.2) is 0 Å². The van der Waals surface area contributed by atoms with E-state index in [1.165, 1.54) is 25.3 Å². The lowest BCUT2D eigenvalue weighted by atomic mass is 10.1. The van der Waals surface area contributed by atoms with Crippen LogP contribution in [0.4, 0.5) is 18.9 Å². The Bertz CT molecular complexity index is 820. The predicted molar refractivity (Wildman–Crippen MR) is 111 cm³/mol. The van der Waals surface area contributed by atoms with Crippen molar-refractivity contribution in [1.29, 1.82) is 0 Å². The number of hydrogen-bond donors (Lipinski definition) is 1. The minimum Gasteiger partial charge on any atom is -0.492 e. The van der Waals surface area contributed by atoms with Crippen molar-refractivity contribution in [3.05, 3.63) is 58.1 Å². The highest BCUT2D eigenvalue weighted by Crippen LogP contribution is 2.36. The third-order valence-corrected chi connectivity index (χ3v) is 5.55. The molecule has 0 aliphatic carbocycles. The Labute approximate surface area is 174 Å². The van der Waals surface area contributed by atoms with Crippen molar-refractivity contribution in [3.8, 4) is 5.75 Å². The Morgan fingerprint density at radius 2 is 1.86 bits per heavy atom. The molecule has 0 bridgehead atoms. The smallest absolute Gasteiger partial charge is 0.417 e. The van der Waals surface area contributed by atoms with Crippen LogP contribution in [0, 0.1) is 6.92 Å². The fourth-order valence-corrected chi connectivity index (χ4v) is 3.77. The molecule has 29 heavy (non-hydrogen) atoms. The van der Waals surface area contributed by atoms with E-state index in [2.05, 4.69) is 10.2 Å². The monoisotopic (exact) mass is 426 g/mol. The van der Waals surface area contributed by atoms with E-state index >= 15 is 0 Å². The van der Waals surface area contributed by atoms with E-state index in [9.17, 15) is 13.2 Å². The van der Waals surface area contributed by atoms with Crippen LogP contribution < -0.4 is 10.1 Å². The number of alkyl halides is 3. The Balaban J connectivity index is 1.65. The number of halogens is 4. The van der Waals surface area contributed by atoms with Crippen molar-refractivity contribution < 1.29 is 17.9 Å². The third kappa shape index (κ3) is 6.03. The number of benzene rings is 2. The molecule has 1 heterocycles. The molecule has 3 nitrogen and oxygen atoms in total. The van der Waals surface area contributed by atoms with E-state index in [0.29, 0.717) is 18.8 Å². The molecule has 1 aliphatic heterocycles. The van der Waals surface area contributed by atoms with Crippen LogP contribution in [0.15, 0.2) is 36.4 Å². The van der Waals surface area contributed by atoms with E-state index in [1.807, 2.05) is 25.1 Å². The lowest BCUT2D eigenvalue weighted by Gasteiger charge is -2.26. The highest BCUT2D eigenvalue weighted by molar-refractivity contribution is 6.31. The number of ether oxygens (including phenoxy) is 1. The summed E-state index contributed by atoms with van der Waals surface area (Å²) in [5, 5.41) is 2.77. The van der Waals surface area contributed by atoms with Crippen molar-refractivity contribution in [2.45, 2.75) is 38.9 Å². The van der Waals surface area contributed by atoms with Crippen molar-refractivity contribution in [2.75, 3.05) is 31.6 Å². The Hall–Kier alpha value is -1.92. The molecule has 0 radical (unpaired) electrons. The fourth-order valence-electron chi connectivity index (χ4n) is 3.55. The second kappa shape index (κ2) is 9.72. The third-order valence-electron chi connectivity index (χ3n) is 5.22. The van der Waals surface area contributed by atoms with Crippen LogP contribution in [-0.2, 0) is 12.7 Å². The van der Waals surface area contributed by atoms with E-state index < -0.39 is 11.7 Å². The molecule has 0 aromatic heterocycles. The largest absolute Gasteiger partial charge is 0.492 e. The first-order valence-corrected chi connectivity index (χ1v) is 10.3. The molecule has 0 spiro atoms. The predicted octanol–water partition coefficient (Wildman–Crippen LogP) is 6.14. The van der Waals surface area contributed by atoms with Crippen LogP contribution in [-0.4, -0.2) is 31.1 Å². The van der Waals surface area contributed by atoms with Gasteiger partial charge in [-0.25, -0.2) is 0 Å². The second-order valence-corrected chi connectivity index (χ2v) is 7.76. The van der Waals surface area contributed by atoms with Gasteiger partial charge in [-0.15, -0.1) is 0 Å². The molecule has 1 aliphatic rings. The van der Waals surface area contributed by atoms with Gasteiger partial charge in [0.1, 0.15) is 12.4 Å². The first-order chi connectivity index (χ1) is 13.8. The van der Waals surface area contributed by atoms with Gasteiger partial charge in [-0.1, -0.05) is 30.2 Å². The minimum absolute atomic E-state index is 0.305. The van der Waals surface area contributed by atoms with Crippen LogP contribution in [0.3, 0.4) is 0 Å². The number of nitrogens with one attached hydrogen (secondary N) is 1. The molecule has 0 unspecified atom stereocenters. The SMILES string of the molecule is Cc1cccc(OCCN2CCCCC2)c1CNc1ccc(Cl)c(C(F)(F)F)c1. The first-order valence-electron chi connectivity index (χ1n) is 9.89. The molecular weight excluding hydrogens is 401 g/mol. The molecule has 3 rings (SSSR count). The topological polar surface area (TPSA) is 24.5 Å². The molecule has 158 valence electrons. The first kappa shape index (κ1) is 21.8. The van der Waals surface area contributed by atoms with E-state index in [-0.39, 0.29) is 5.02 Å². The normalized spacial score (nSPS) is 15.3. The Morgan fingerprint density at radius 1 is 1.10 bits per heavy atom. The Morgan fingerprint density at radius 3 is 2.59 bits per heavy atom. The van der Waals surface area contributed by atoms with E-state index in [0.717, 1.165) is 42.6 Å². The molecule has 1 N–H and O–H groups in total. The van der Waals surface area contributed by atoms with E-state index in [4.69, 9.17) is 16.3 Å². The van der Waals surface area contributed by atoms with E-state index in [1.54, 1.807) is 6.07 Å². The van der Waals surface area contributed by atoms with Crippen LogP contribution in [0.5, 0.6) is 5.75 Å². The van der Waals surface area contributed by atoms with Gasteiger partial charge >= 0.3 is 6.18 Å². The van der Waals surface area contributed by atoms with Crippen molar-refractivity contribution in [2.24, 2.45) is 0 Å². The number of likely N-dealkylation sites (tertiary alicyclic amines) is 1. The van der Waals surface area contributed by atoms with Gasteiger partial charge in [0.05, 0.1) is 10.6 Å². The minimum atomic E-state index is -4.49. The molecule has 1 saturated heterocycles. The highest BCUT2D eigenvalue weighted by atomic mass is 35.5. The number of anilines is 1. The summed E-state index contributed by atoms with van der Waals surface area (Å²) in [7, 11) is 0. The van der Waals surface area contributed by atoms with Gasteiger partial charge in [-0.3, -0.25) is 4.90 Å². The van der Waals surface area contributed by atoms with Crippen LogP contribution in [0.1, 0.15) is 36.0 Å². The highest BCUT2D eigenvalue weighted by Gasteiger charge is 2.33. The van der Waals surface area contributed by atoms with Crippen LogP contribution in [0.25, 0.3) is 0 Å². The number of rotatable bonds is 7. The standard InChI is InChI=1S/C22H26ClF3N2O/c1-16-6-5-7-21(29-13-12-28-10-3-2-4-11-28)18(16)15-27-17-8-9-20(23)19(14-17)22(24,25)26/h5-9,14,27H,2-4,10-13,15H2,1H3. The molecule has 0 atom stereocenters. The van der Waals surface area contributed by atoms with Gasteiger partial charge in [0.2, 0.25) is 0 Å². The van der Waals surface area contributed by atoms with Crippen molar-refractivity contribution >= 4 is 17.3 Å². The van der Waals surface area contributed by atoms with Gasteiger partial charge in [0, 0.05) is 24.3 Å². The summed E-state index contributed by atoms with van der Waals surface area (Å²) in [6.45, 7) is 6.04. The lowest BCUT2D eigenvalue weighted by Crippen LogP contribution is -2.33. The summed E-state index contributed by atoms with van der Waals surface area (Å²) >= 11 is 5.70. The van der Waals surface area contributed by atoms with Gasteiger partial charge in [-0.05, 0) is 62.7 Å². The fraction of sp³-hybridized carbons (Fsp3) is 0.455. The average molecular weight is 427 g/mol. The van der Waals surface area contributed by atoms with Gasteiger partial charge < -0.3 is 10.1 Å². The second-order valence-electron chi connectivity index (χ2n) is 7.35. The molecular formula is C22H26ClF3N2O. The molecule has 2 aromatic rings. The summed E-state index contributed by atoms with van der Waals surface area (Å²) in [6, 6.07) is 9.66. The molecule has 7 heteroatoms. The number of hydrogen-bond acceptors (Lipinski definition) is 3. The van der Waals surface area contributed by atoms with Gasteiger partial charge in [0.25, 0.3) is 0 Å².